The SMILES string of the molecule is COC(=O)c1cc(CNC(=O)C2CCCCCN2C)cc(NC(=O)C=Cc2ccccc2)c1. The molecule has 0 bridgehead atoms. The molecule has 1 saturated heterocycles. The Labute approximate surface area is 194 Å². The number of rotatable bonds is 7. The van der Waals surface area contributed by atoms with Gasteiger partial charge in [0, 0.05) is 18.3 Å². The molecule has 2 N–H and O–H groups in total. The van der Waals surface area contributed by atoms with Crippen molar-refractivity contribution >= 4 is 29.5 Å². The van der Waals surface area contributed by atoms with Gasteiger partial charge in [0.05, 0.1) is 18.7 Å². The molecular weight excluding hydrogens is 418 g/mol. The maximum absolute atomic E-state index is 12.8. The topological polar surface area (TPSA) is 87.7 Å². The first kappa shape index (κ1) is 24.2. The van der Waals surface area contributed by atoms with Crippen LogP contribution in [0.3, 0.4) is 0 Å². The fourth-order valence-corrected chi connectivity index (χ4v) is 3.91. The van der Waals surface area contributed by atoms with Crippen molar-refractivity contribution in [1.29, 1.82) is 0 Å². The maximum Gasteiger partial charge on any atom is 0.337 e. The number of likely N-dealkylation sites (tertiary alicyclic amines) is 1. The van der Waals surface area contributed by atoms with Gasteiger partial charge in [0.25, 0.3) is 0 Å². The molecule has 0 aliphatic carbocycles. The second-order valence-corrected chi connectivity index (χ2v) is 8.21. The first-order chi connectivity index (χ1) is 16.0. The largest absolute Gasteiger partial charge is 0.465 e. The lowest BCUT2D eigenvalue weighted by Crippen LogP contribution is -2.44. The summed E-state index contributed by atoms with van der Waals surface area (Å²) in [5.41, 5.74) is 2.36. The number of nitrogens with one attached hydrogen (secondary N) is 2. The molecule has 1 unspecified atom stereocenters. The average molecular weight is 450 g/mol. The van der Waals surface area contributed by atoms with Crippen molar-refractivity contribution in [2.75, 3.05) is 26.0 Å². The van der Waals surface area contributed by atoms with E-state index in [-0.39, 0.29) is 24.4 Å². The van der Waals surface area contributed by atoms with Gasteiger partial charge in [-0.1, -0.05) is 43.2 Å². The highest BCUT2D eigenvalue weighted by Crippen LogP contribution is 2.18. The minimum absolute atomic E-state index is 0.0285. The number of esters is 1. The van der Waals surface area contributed by atoms with Crippen LogP contribution < -0.4 is 10.6 Å². The van der Waals surface area contributed by atoms with Crippen LogP contribution in [0.25, 0.3) is 6.08 Å². The lowest BCUT2D eigenvalue weighted by molar-refractivity contribution is -0.126. The Morgan fingerprint density at radius 3 is 2.64 bits per heavy atom. The molecule has 2 aromatic carbocycles. The number of likely N-dealkylation sites (N-methyl/N-ethyl adjacent to an activating group) is 1. The molecule has 0 spiro atoms. The van der Waals surface area contributed by atoms with Crippen LogP contribution >= 0.6 is 0 Å². The number of hydrogen-bond acceptors (Lipinski definition) is 5. The summed E-state index contributed by atoms with van der Waals surface area (Å²) in [7, 11) is 3.28. The zero-order valence-corrected chi connectivity index (χ0v) is 19.2. The van der Waals surface area contributed by atoms with Crippen LogP contribution in [0.5, 0.6) is 0 Å². The first-order valence-electron chi connectivity index (χ1n) is 11.2. The monoisotopic (exact) mass is 449 g/mol. The lowest BCUT2D eigenvalue weighted by atomic mass is 10.1. The molecule has 1 aliphatic heterocycles. The molecule has 174 valence electrons. The molecule has 1 fully saturated rings. The molecular formula is C26H31N3O4. The number of carbonyl (C=O) groups is 3. The molecule has 0 aromatic heterocycles. The van der Waals surface area contributed by atoms with Crippen LogP contribution in [0.1, 0.15) is 47.2 Å². The third-order valence-electron chi connectivity index (χ3n) is 5.70. The summed E-state index contributed by atoms with van der Waals surface area (Å²) >= 11 is 0. The molecule has 1 heterocycles. The van der Waals surface area contributed by atoms with Crippen molar-refractivity contribution in [3.63, 3.8) is 0 Å². The lowest BCUT2D eigenvalue weighted by Gasteiger charge is -2.24. The van der Waals surface area contributed by atoms with E-state index < -0.39 is 5.97 Å². The van der Waals surface area contributed by atoms with Gasteiger partial charge in [-0.2, -0.15) is 0 Å². The zero-order chi connectivity index (χ0) is 23.6. The number of methoxy groups -OCH3 is 1. The highest BCUT2D eigenvalue weighted by atomic mass is 16.5. The average Bonchev–Trinajstić information content (AvgIpc) is 3.05. The number of ether oxygens (including phenoxy) is 1. The highest BCUT2D eigenvalue weighted by Gasteiger charge is 2.24. The van der Waals surface area contributed by atoms with Gasteiger partial charge in [0.2, 0.25) is 11.8 Å². The second kappa shape index (κ2) is 12.0. The smallest absolute Gasteiger partial charge is 0.337 e. The van der Waals surface area contributed by atoms with E-state index in [2.05, 4.69) is 15.5 Å². The summed E-state index contributed by atoms with van der Waals surface area (Å²) in [5.74, 6) is -0.864. The fourth-order valence-electron chi connectivity index (χ4n) is 3.91. The van der Waals surface area contributed by atoms with E-state index in [0.29, 0.717) is 16.8 Å². The number of carbonyl (C=O) groups excluding carboxylic acids is 3. The van der Waals surface area contributed by atoms with Crippen LogP contribution in [0.2, 0.25) is 0 Å². The third-order valence-corrected chi connectivity index (χ3v) is 5.70. The Kier molecular flexibility index (Phi) is 8.78. The van der Waals surface area contributed by atoms with E-state index in [1.165, 1.54) is 13.2 Å². The summed E-state index contributed by atoms with van der Waals surface area (Å²) < 4.78 is 4.85. The van der Waals surface area contributed by atoms with Gasteiger partial charge in [-0.15, -0.1) is 0 Å². The number of hydrogen-bond donors (Lipinski definition) is 2. The summed E-state index contributed by atoms with van der Waals surface area (Å²) in [6, 6.07) is 14.3. The molecule has 2 aromatic rings. The normalized spacial score (nSPS) is 16.7. The van der Waals surface area contributed by atoms with Crippen LogP contribution in [0, 0.1) is 0 Å². The van der Waals surface area contributed by atoms with Crippen molar-refractivity contribution in [3.05, 3.63) is 71.3 Å². The number of nitrogens with zero attached hydrogens (tertiary/aromatic N) is 1. The Hall–Kier alpha value is -3.45. The van der Waals surface area contributed by atoms with Crippen molar-refractivity contribution < 1.29 is 19.1 Å². The molecule has 1 atom stereocenters. The number of benzene rings is 2. The Balaban J connectivity index is 1.70. The van der Waals surface area contributed by atoms with Crippen LogP contribution in [-0.2, 0) is 20.9 Å². The van der Waals surface area contributed by atoms with Crippen LogP contribution in [0.15, 0.2) is 54.6 Å². The van der Waals surface area contributed by atoms with Crippen molar-refractivity contribution in [1.82, 2.24) is 10.2 Å². The molecule has 0 saturated carbocycles. The van der Waals surface area contributed by atoms with Gasteiger partial charge in [-0.05, 0) is 61.8 Å². The van der Waals surface area contributed by atoms with E-state index >= 15 is 0 Å². The summed E-state index contributed by atoms with van der Waals surface area (Å²) in [6.45, 7) is 1.15. The minimum Gasteiger partial charge on any atom is -0.465 e. The van der Waals surface area contributed by atoms with Gasteiger partial charge in [0.1, 0.15) is 0 Å². The molecule has 2 amide bonds. The van der Waals surface area contributed by atoms with Crippen LogP contribution in [0.4, 0.5) is 5.69 Å². The quantitative estimate of drug-likeness (QED) is 0.498. The van der Waals surface area contributed by atoms with Gasteiger partial charge in [0.15, 0.2) is 0 Å². The van der Waals surface area contributed by atoms with E-state index in [0.717, 1.165) is 37.8 Å². The maximum atomic E-state index is 12.8. The van der Waals surface area contributed by atoms with Crippen LogP contribution in [-0.4, -0.2) is 49.4 Å². The summed E-state index contributed by atoms with van der Waals surface area (Å²) in [5, 5.41) is 5.76. The van der Waals surface area contributed by atoms with Gasteiger partial charge >= 0.3 is 5.97 Å². The van der Waals surface area contributed by atoms with Crippen molar-refractivity contribution in [3.8, 4) is 0 Å². The van der Waals surface area contributed by atoms with Gasteiger partial charge in [-0.3, -0.25) is 14.5 Å². The first-order valence-corrected chi connectivity index (χ1v) is 11.2. The highest BCUT2D eigenvalue weighted by molar-refractivity contribution is 6.02. The molecule has 3 rings (SSSR count). The van der Waals surface area contributed by atoms with E-state index in [1.54, 1.807) is 24.3 Å². The Morgan fingerprint density at radius 1 is 1.09 bits per heavy atom. The Morgan fingerprint density at radius 2 is 1.88 bits per heavy atom. The molecule has 0 radical (unpaired) electrons. The fraction of sp³-hybridized carbons (Fsp3) is 0.346. The summed E-state index contributed by atoms with van der Waals surface area (Å²) in [6.07, 6.45) is 7.25. The minimum atomic E-state index is -0.512. The Bertz CT molecular complexity index is 1000. The molecule has 7 nitrogen and oxygen atoms in total. The standard InChI is InChI=1S/C26H31N3O4/c1-29-14-8-4-7-11-23(29)25(31)27-18-20-15-21(26(32)33-2)17-22(16-20)28-24(30)13-12-19-9-5-3-6-10-19/h3,5-6,9-10,12-13,15-17,23H,4,7-8,11,14,18H2,1-2H3,(H,27,31)(H,28,30). The van der Waals surface area contributed by atoms with Crippen molar-refractivity contribution in [2.24, 2.45) is 0 Å². The third kappa shape index (κ3) is 7.29. The molecule has 1 aliphatic rings. The van der Waals surface area contributed by atoms with E-state index in [4.69, 9.17) is 4.74 Å². The predicted octanol–water partition coefficient (Wildman–Crippen LogP) is 3.62. The molecule has 33 heavy (non-hydrogen) atoms. The van der Waals surface area contributed by atoms with Gasteiger partial charge < -0.3 is 15.4 Å². The second-order valence-electron chi connectivity index (χ2n) is 8.21. The van der Waals surface area contributed by atoms with Gasteiger partial charge in [-0.25, -0.2) is 4.79 Å². The zero-order valence-electron chi connectivity index (χ0n) is 19.2. The van der Waals surface area contributed by atoms with Crippen molar-refractivity contribution in [2.45, 2.75) is 38.3 Å². The summed E-state index contributed by atoms with van der Waals surface area (Å²) in [4.78, 5) is 39.4. The number of anilines is 1. The van der Waals surface area contributed by atoms with E-state index in [1.807, 2.05) is 37.4 Å². The van der Waals surface area contributed by atoms with E-state index in [9.17, 15) is 14.4 Å². The molecule has 7 heteroatoms. The predicted molar refractivity (Wildman–Crippen MR) is 129 cm³/mol. The number of amides is 2.